The van der Waals surface area contributed by atoms with Gasteiger partial charge >= 0.3 is 11.9 Å². The third kappa shape index (κ3) is 3.83. The fraction of sp³-hybridized carbons (Fsp3) is 0.143. The fourth-order valence-electron chi connectivity index (χ4n) is 2.83. The van der Waals surface area contributed by atoms with Crippen molar-refractivity contribution in [3.8, 4) is 0 Å². The Bertz CT molecular complexity index is 967. The molecule has 0 amide bonds. The predicted octanol–water partition coefficient (Wildman–Crippen LogP) is 3.96. The minimum Gasteiger partial charge on any atom is -0.477 e. The zero-order valence-corrected chi connectivity index (χ0v) is 14.4. The molecular formula is C21H19NO4. The van der Waals surface area contributed by atoms with Crippen LogP contribution >= 0.6 is 0 Å². The Balaban J connectivity index is 1.84. The molecule has 0 unspecified atom stereocenters. The van der Waals surface area contributed by atoms with Gasteiger partial charge in [0.2, 0.25) is 0 Å². The number of fused-ring (bicyclic) bond motifs is 1. The van der Waals surface area contributed by atoms with Crippen LogP contribution in [0.1, 0.15) is 28.5 Å². The van der Waals surface area contributed by atoms with E-state index in [1.165, 1.54) is 6.08 Å². The highest BCUT2D eigenvalue weighted by molar-refractivity contribution is 5.94. The molecule has 3 aromatic rings. The van der Waals surface area contributed by atoms with Gasteiger partial charge in [-0.15, -0.1) is 0 Å². The highest BCUT2D eigenvalue weighted by Gasteiger charge is 2.14. The van der Waals surface area contributed by atoms with Crippen LogP contribution in [0.3, 0.4) is 0 Å². The summed E-state index contributed by atoms with van der Waals surface area (Å²) in [6.45, 7) is 2.56. The van der Waals surface area contributed by atoms with Crippen molar-refractivity contribution >= 4 is 28.9 Å². The second kappa shape index (κ2) is 7.70. The van der Waals surface area contributed by atoms with Crippen LogP contribution < -0.4 is 0 Å². The lowest BCUT2D eigenvalue weighted by molar-refractivity contribution is -0.137. The molecule has 0 aliphatic rings. The number of carbonyl (C=O) groups excluding carboxylic acids is 1. The van der Waals surface area contributed by atoms with Crippen LogP contribution in [-0.4, -0.2) is 28.2 Å². The number of nitrogens with zero attached hydrogens (tertiary/aromatic N) is 1. The van der Waals surface area contributed by atoms with E-state index >= 15 is 0 Å². The zero-order valence-electron chi connectivity index (χ0n) is 14.4. The van der Waals surface area contributed by atoms with Gasteiger partial charge in [0.05, 0.1) is 6.61 Å². The topological polar surface area (TPSA) is 68.5 Å². The van der Waals surface area contributed by atoms with E-state index < -0.39 is 5.97 Å². The van der Waals surface area contributed by atoms with E-state index in [0.717, 1.165) is 22.0 Å². The summed E-state index contributed by atoms with van der Waals surface area (Å²) in [6, 6.07) is 16.9. The molecule has 0 saturated carbocycles. The molecule has 0 fully saturated rings. The number of carboxylic acid groups (broad SMARTS) is 1. The van der Waals surface area contributed by atoms with Crippen LogP contribution in [0.5, 0.6) is 0 Å². The third-order valence-electron chi connectivity index (χ3n) is 4.05. The molecule has 0 radical (unpaired) electrons. The number of carbonyl (C=O) groups is 2. The number of hydrogen-bond acceptors (Lipinski definition) is 3. The maximum atomic E-state index is 11.6. The molecule has 0 aliphatic heterocycles. The van der Waals surface area contributed by atoms with Gasteiger partial charge in [-0.05, 0) is 36.3 Å². The van der Waals surface area contributed by atoms with Gasteiger partial charge in [-0.3, -0.25) is 0 Å². The van der Waals surface area contributed by atoms with Crippen LogP contribution in [0, 0.1) is 0 Å². The van der Waals surface area contributed by atoms with E-state index in [1.807, 2.05) is 48.5 Å². The maximum absolute atomic E-state index is 11.6. The first-order valence-corrected chi connectivity index (χ1v) is 8.34. The average Bonchev–Trinajstić information content (AvgIpc) is 3.00. The number of ether oxygens (including phenoxy) is 1. The molecular weight excluding hydrogens is 330 g/mol. The van der Waals surface area contributed by atoms with Crippen molar-refractivity contribution in [2.75, 3.05) is 6.61 Å². The van der Waals surface area contributed by atoms with Crippen molar-refractivity contribution in [3.63, 3.8) is 0 Å². The first-order chi connectivity index (χ1) is 12.6. The van der Waals surface area contributed by atoms with E-state index in [9.17, 15) is 14.7 Å². The largest absolute Gasteiger partial charge is 0.477 e. The molecule has 0 spiro atoms. The first-order valence-electron chi connectivity index (χ1n) is 8.34. The summed E-state index contributed by atoms with van der Waals surface area (Å²) in [4.78, 5) is 22.9. The van der Waals surface area contributed by atoms with Gasteiger partial charge in [0.25, 0.3) is 0 Å². The molecule has 0 bridgehead atoms. The molecule has 1 heterocycles. The summed E-state index contributed by atoms with van der Waals surface area (Å²) in [5.41, 5.74) is 2.99. The molecule has 3 rings (SSSR count). The Kier molecular flexibility index (Phi) is 5.17. The zero-order chi connectivity index (χ0) is 18.5. The van der Waals surface area contributed by atoms with Crippen LogP contribution in [0.4, 0.5) is 0 Å². The van der Waals surface area contributed by atoms with E-state index in [2.05, 4.69) is 0 Å². The molecule has 1 N–H and O–H groups in total. The minimum absolute atomic E-state index is 0.262. The minimum atomic E-state index is -0.949. The maximum Gasteiger partial charge on any atom is 0.352 e. The van der Waals surface area contributed by atoms with Gasteiger partial charge in [-0.25, -0.2) is 9.59 Å². The van der Waals surface area contributed by atoms with Gasteiger partial charge < -0.3 is 14.4 Å². The van der Waals surface area contributed by atoms with Crippen molar-refractivity contribution in [2.24, 2.45) is 0 Å². The lowest BCUT2D eigenvalue weighted by Gasteiger charge is -2.09. The quantitative estimate of drug-likeness (QED) is 0.540. The second-order valence-electron chi connectivity index (χ2n) is 5.81. The van der Waals surface area contributed by atoms with Crippen LogP contribution in [0.15, 0.2) is 60.7 Å². The van der Waals surface area contributed by atoms with Crippen molar-refractivity contribution in [1.82, 2.24) is 4.57 Å². The molecule has 0 atom stereocenters. The summed E-state index contributed by atoms with van der Waals surface area (Å²) in [7, 11) is 0. The van der Waals surface area contributed by atoms with Crippen molar-refractivity contribution in [3.05, 3.63) is 77.5 Å². The number of hydrogen-bond donors (Lipinski definition) is 1. The van der Waals surface area contributed by atoms with Crippen LogP contribution in [0.25, 0.3) is 17.0 Å². The number of aromatic carboxylic acids is 1. The number of para-hydroxylation sites is 1. The van der Waals surface area contributed by atoms with Gasteiger partial charge in [0.1, 0.15) is 5.69 Å². The molecule has 0 saturated heterocycles. The molecule has 26 heavy (non-hydrogen) atoms. The summed E-state index contributed by atoms with van der Waals surface area (Å²) >= 11 is 0. The van der Waals surface area contributed by atoms with Gasteiger partial charge in [-0.1, -0.05) is 42.5 Å². The molecule has 2 aromatic carbocycles. The first kappa shape index (κ1) is 17.5. The van der Waals surface area contributed by atoms with Gasteiger partial charge in [-0.2, -0.15) is 0 Å². The Morgan fingerprint density at radius 1 is 1.12 bits per heavy atom. The van der Waals surface area contributed by atoms with E-state index in [-0.39, 0.29) is 11.7 Å². The Morgan fingerprint density at radius 3 is 2.54 bits per heavy atom. The van der Waals surface area contributed by atoms with Crippen molar-refractivity contribution in [2.45, 2.75) is 13.5 Å². The average molecular weight is 349 g/mol. The number of aromatic nitrogens is 1. The number of benzene rings is 2. The van der Waals surface area contributed by atoms with Crippen LogP contribution in [0.2, 0.25) is 0 Å². The molecule has 1 aromatic heterocycles. The van der Waals surface area contributed by atoms with Crippen LogP contribution in [-0.2, 0) is 16.1 Å². The fourth-order valence-corrected chi connectivity index (χ4v) is 2.83. The molecule has 5 nitrogen and oxygen atoms in total. The van der Waals surface area contributed by atoms with E-state index in [4.69, 9.17) is 4.74 Å². The SMILES string of the molecule is CCOC(=O)/C=C/c1ccc(Cn2c(C(=O)O)cc3ccccc32)cc1. The third-order valence-corrected chi connectivity index (χ3v) is 4.05. The van der Waals surface area contributed by atoms with E-state index in [0.29, 0.717) is 13.2 Å². The summed E-state index contributed by atoms with van der Waals surface area (Å²) < 4.78 is 6.64. The summed E-state index contributed by atoms with van der Waals surface area (Å²) in [5, 5.41) is 10.4. The molecule has 132 valence electrons. The molecule has 0 aliphatic carbocycles. The smallest absolute Gasteiger partial charge is 0.352 e. The standard InChI is InChI=1S/C21H19NO4/c1-2-26-20(23)12-11-15-7-9-16(10-8-15)14-22-18-6-4-3-5-17(18)13-19(22)21(24)25/h3-13H,2,14H2,1H3,(H,24,25)/b12-11+. The lowest BCUT2D eigenvalue weighted by atomic mass is 10.1. The Morgan fingerprint density at radius 2 is 1.85 bits per heavy atom. The number of carboxylic acids is 1. The van der Waals surface area contributed by atoms with E-state index in [1.54, 1.807) is 23.6 Å². The Hall–Kier alpha value is -3.34. The monoisotopic (exact) mass is 349 g/mol. The van der Waals surface area contributed by atoms with Gasteiger partial charge in [0.15, 0.2) is 0 Å². The normalized spacial score (nSPS) is 11.1. The van der Waals surface area contributed by atoms with Crippen molar-refractivity contribution in [1.29, 1.82) is 0 Å². The Labute approximate surface area is 151 Å². The predicted molar refractivity (Wildman–Crippen MR) is 100 cm³/mol. The second-order valence-corrected chi connectivity index (χ2v) is 5.81. The number of esters is 1. The molecule has 5 heteroatoms. The summed E-state index contributed by atoms with van der Waals surface area (Å²) in [5.74, 6) is -1.32. The lowest BCUT2D eigenvalue weighted by Crippen LogP contribution is -2.09. The highest BCUT2D eigenvalue weighted by atomic mass is 16.5. The summed E-state index contributed by atoms with van der Waals surface area (Å²) in [6.07, 6.45) is 3.08. The number of rotatable bonds is 6. The van der Waals surface area contributed by atoms with Crippen molar-refractivity contribution < 1.29 is 19.4 Å². The highest BCUT2D eigenvalue weighted by Crippen LogP contribution is 2.21. The van der Waals surface area contributed by atoms with Gasteiger partial charge in [0, 0.05) is 23.5 Å².